The lowest BCUT2D eigenvalue weighted by atomic mass is 9.99. The summed E-state index contributed by atoms with van der Waals surface area (Å²) in [6.07, 6.45) is 5.57. The van der Waals surface area contributed by atoms with Crippen molar-refractivity contribution in [3.05, 3.63) is 47.8 Å². The van der Waals surface area contributed by atoms with Crippen molar-refractivity contribution in [3.63, 3.8) is 0 Å². The molecule has 0 radical (unpaired) electrons. The Morgan fingerprint density at radius 3 is 2.96 bits per heavy atom. The van der Waals surface area contributed by atoms with Crippen LogP contribution in [0.1, 0.15) is 43.5 Å². The number of hydrogen-bond donors (Lipinski definition) is 1. The summed E-state index contributed by atoms with van der Waals surface area (Å²) in [7, 11) is 0. The van der Waals surface area contributed by atoms with Gasteiger partial charge in [0.1, 0.15) is 0 Å². The van der Waals surface area contributed by atoms with Crippen LogP contribution >= 0.6 is 0 Å². The van der Waals surface area contributed by atoms with Crippen molar-refractivity contribution < 1.29 is 9.53 Å². The van der Waals surface area contributed by atoms with E-state index in [1.54, 1.807) is 0 Å². The molecule has 1 N–H and O–H groups in total. The molecular weight excluding hydrogens is 340 g/mol. The molecule has 1 aromatic carbocycles. The zero-order chi connectivity index (χ0) is 18.6. The van der Waals surface area contributed by atoms with Crippen molar-refractivity contribution in [2.24, 2.45) is 0 Å². The van der Waals surface area contributed by atoms with E-state index >= 15 is 0 Å². The SMILES string of the molecule is CCOCCCNC(=O)N1[C@H]2CC[C@@H]1c1cnc(-c3ccccc3)nc1C2. The van der Waals surface area contributed by atoms with Gasteiger partial charge in [0.15, 0.2) is 5.82 Å². The fourth-order valence-electron chi connectivity index (χ4n) is 4.12. The Balaban J connectivity index is 1.47. The first-order valence-electron chi connectivity index (χ1n) is 9.83. The second-order valence-electron chi connectivity index (χ2n) is 7.10. The van der Waals surface area contributed by atoms with E-state index in [-0.39, 0.29) is 18.1 Å². The first-order chi connectivity index (χ1) is 13.3. The molecule has 2 aliphatic rings. The maximum Gasteiger partial charge on any atom is 0.318 e. The van der Waals surface area contributed by atoms with Gasteiger partial charge in [-0.2, -0.15) is 0 Å². The van der Waals surface area contributed by atoms with Crippen molar-refractivity contribution in [1.82, 2.24) is 20.2 Å². The largest absolute Gasteiger partial charge is 0.382 e. The Labute approximate surface area is 160 Å². The molecule has 2 aliphatic heterocycles. The van der Waals surface area contributed by atoms with E-state index in [1.165, 1.54) is 0 Å². The van der Waals surface area contributed by atoms with E-state index in [4.69, 9.17) is 9.72 Å². The molecule has 1 saturated heterocycles. The lowest BCUT2D eigenvalue weighted by molar-refractivity contribution is 0.141. The van der Waals surface area contributed by atoms with Crippen LogP contribution in [0.3, 0.4) is 0 Å². The Hall–Kier alpha value is -2.47. The number of carbonyl (C=O) groups is 1. The summed E-state index contributed by atoms with van der Waals surface area (Å²) in [5, 5.41) is 3.05. The zero-order valence-electron chi connectivity index (χ0n) is 15.7. The third-order valence-electron chi connectivity index (χ3n) is 5.40. The fourth-order valence-corrected chi connectivity index (χ4v) is 4.12. The van der Waals surface area contributed by atoms with Crippen LogP contribution in [0.5, 0.6) is 0 Å². The first-order valence-corrected chi connectivity index (χ1v) is 9.83. The number of fused-ring (bicyclic) bond motifs is 4. The Morgan fingerprint density at radius 2 is 2.15 bits per heavy atom. The molecule has 0 spiro atoms. The van der Waals surface area contributed by atoms with Crippen molar-refractivity contribution in [1.29, 1.82) is 0 Å². The summed E-state index contributed by atoms with van der Waals surface area (Å²) >= 11 is 0. The molecule has 2 aromatic rings. The Morgan fingerprint density at radius 1 is 1.30 bits per heavy atom. The zero-order valence-corrected chi connectivity index (χ0v) is 15.7. The highest BCUT2D eigenvalue weighted by Crippen LogP contribution is 2.43. The minimum Gasteiger partial charge on any atom is -0.382 e. The number of hydrogen-bond acceptors (Lipinski definition) is 4. The van der Waals surface area contributed by atoms with Crippen LogP contribution in [-0.4, -0.2) is 46.7 Å². The third-order valence-corrected chi connectivity index (χ3v) is 5.40. The van der Waals surface area contributed by atoms with Crippen LogP contribution in [0.25, 0.3) is 11.4 Å². The molecule has 2 amide bonds. The number of rotatable bonds is 6. The Bertz CT molecular complexity index is 796. The van der Waals surface area contributed by atoms with Crippen molar-refractivity contribution >= 4 is 6.03 Å². The number of urea groups is 1. The van der Waals surface area contributed by atoms with E-state index in [1.807, 2.05) is 48.4 Å². The highest BCUT2D eigenvalue weighted by Gasteiger charge is 2.43. The smallest absolute Gasteiger partial charge is 0.318 e. The van der Waals surface area contributed by atoms with E-state index in [2.05, 4.69) is 10.3 Å². The van der Waals surface area contributed by atoms with Gasteiger partial charge in [-0.1, -0.05) is 30.3 Å². The summed E-state index contributed by atoms with van der Waals surface area (Å²) in [5.41, 5.74) is 3.23. The highest BCUT2D eigenvalue weighted by molar-refractivity contribution is 5.76. The standard InChI is InChI=1S/C21H26N4O2/c1-2-27-12-6-11-22-21(26)25-16-9-10-19(25)17-14-23-20(24-18(17)13-16)15-7-4-3-5-8-15/h3-5,7-8,14,16,19H,2,6,9-13H2,1H3,(H,22,26)/t16-,19+/m0/s1. The molecule has 6 heteroatoms. The lowest BCUT2D eigenvalue weighted by Crippen LogP contribution is -2.47. The molecule has 142 valence electrons. The number of amides is 2. The monoisotopic (exact) mass is 366 g/mol. The molecule has 6 nitrogen and oxygen atoms in total. The number of carbonyl (C=O) groups excluding carboxylic acids is 1. The van der Waals surface area contributed by atoms with Crippen LogP contribution in [0.15, 0.2) is 36.5 Å². The van der Waals surface area contributed by atoms with E-state index in [9.17, 15) is 4.79 Å². The average molecular weight is 366 g/mol. The van der Waals surface area contributed by atoms with Crippen LogP contribution in [-0.2, 0) is 11.2 Å². The molecule has 1 fully saturated rings. The quantitative estimate of drug-likeness (QED) is 0.796. The maximum atomic E-state index is 12.7. The molecule has 2 bridgehead atoms. The predicted octanol–water partition coefficient (Wildman–Crippen LogP) is 3.34. The van der Waals surface area contributed by atoms with Crippen molar-refractivity contribution in [2.45, 2.75) is 44.7 Å². The summed E-state index contributed by atoms with van der Waals surface area (Å²) in [4.78, 5) is 24.1. The average Bonchev–Trinajstić information content (AvgIpc) is 3.03. The predicted molar refractivity (Wildman–Crippen MR) is 103 cm³/mol. The Kier molecular flexibility index (Phi) is 5.34. The minimum absolute atomic E-state index is 0.0248. The molecule has 1 aromatic heterocycles. The normalized spacial score (nSPS) is 20.4. The van der Waals surface area contributed by atoms with Gasteiger partial charge >= 0.3 is 6.03 Å². The van der Waals surface area contributed by atoms with Gasteiger partial charge in [-0.25, -0.2) is 14.8 Å². The summed E-state index contributed by atoms with van der Waals surface area (Å²) in [5.74, 6) is 0.766. The molecule has 27 heavy (non-hydrogen) atoms. The molecule has 4 rings (SSSR count). The molecule has 0 aliphatic carbocycles. The number of aromatic nitrogens is 2. The molecule has 0 unspecified atom stereocenters. The van der Waals surface area contributed by atoms with Crippen molar-refractivity contribution in [3.8, 4) is 11.4 Å². The summed E-state index contributed by atoms with van der Waals surface area (Å²) in [6, 6.07) is 10.4. The number of nitrogens with zero attached hydrogens (tertiary/aromatic N) is 3. The van der Waals surface area contributed by atoms with Crippen LogP contribution in [0.4, 0.5) is 4.79 Å². The van der Waals surface area contributed by atoms with Gasteiger partial charge in [0, 0.05) is 49.5 Å². The van der Waals surface area contributed by atoms with E-state index in [0.717, 1.165) is 48.3 Å². The van der Waals surface area contributed by atoms with Gasteiger partial charge in [-0.3, -0.25) is 0 Å². The minimum atomic E-state index is 0.0248. The summed E-state index contributed by atoms with van der Waals surface area (Å²) in [6.45, 7) is 4.02. The topological polar surface area (TPSA) is 67.3 Å². The number of benzene rings is 1. The highest BCUT2D eigenvalue weighted by atomic mass is 16.5. The fraction of sp³-hybridized carbons (Fsp3) is 0.476. The third kappa shape index (κ3) is 3.67. The van der Waals surface area contributed by atoms with Crippen LogP contribution < -0.4 is 5.32 Å². The van der Waals surface area contributed by atoms with Gasteiger partial charge in [0.05, 0.1) is 11.7 Å². The van der Waals surface area contributed by atoms with Gasteiger partial charge in [0.2, 0.25) is 0 Å². The number of ether oxygens (including phenoxy) is 1. The van der Waals surface area contributed by atoms with E-state index < -0.39 is 0 Å². The van der Waals surface area contributed by atoms with Gasteiger partial charge in [-0.15, -0.1) is 0 Å². The van der Waals surface area contributed by atoms with Gasteiger partial charge in [-0.05, 0) is 26.2 Å². The number of nitrogens with one attached hydrogen (secondary N) is 1. The molecule has 2 atom stereocenters. The van der Waals surface area contributed by atoms with Gasteiger partial charge < -0.3 is 15.0 Å². The van der Waals surface area contributed by atoms with Crippen molar-refractivity contribution in [2.75, 3.05) is 19.8 Å². The van der Waals surface area contributed by atoms with Crippen LogP contribution in [0, 0.1) is 0 Å². The van der Waals surface area contributed by atoms with Crippen LogP contribution in [0.2, 0.25) is 0 Å². The maximum absolute atomic E-state index is 12.7. The van der Waals surface area contributed by atoms with E-state index in [0.29, 0.717) is 19.8 Å². The second kappa shape index (κ2) is 8.05. The lowest BCUT2D eigenvalue weighted by Gasteiger charge is -2.35. The molecule has 3 heterocycles. The molecular formula is C21H26N4O2. The van der Waals surface area contributed by atoms with Gasteiger partial charge in [0.25, 0.3) is 0 Å². The molecule has 0 saturated carbocycles. The first kappa shape index (κ1) is 17.9. The second-order valence-corrected chi connectivity index (χ2v) is 7.10. The summed E-state index contributed by atoms with van der Waals surface area (Å²) < 4.78 is 5.33.